The minimum atomic E-state index is 0.482. The van der Waals surface area contributed by atoms with Crippen molar-refractivity contribution in [2.24, 2.45) is 4.99 Å². The molecule has 1 aliphatic rings. The van der Waals surface area contributed by atoms with Crippen molar-refractivity contribution in [3.63, 3.8) is 0 Å². The maximum absolute atomic E-state index is 5.47. The second-order valence-electron chi connectivity index (χ2n) is 7.21. The van der Waals surface area contributed by atoms with Gasteiger partial charge in [0.05, 0.1) is 12.2 Å². The molecule has 1 aromatic heterocycles. The van der Waals surface area contributed by atoms with Crippen LogP contribution >= 0.6 is 0 Å². The summed E-state index contributed by atoms with van der Waals surface area (Å²) in [4.78, 5) is 6.87. The van der Waals surface area contributed by atoms with E-state index < -0.39 is 0 Å². The molecule has 0 aliphatic carbocycles. The quantitative estimate of drug-likeness (QED) is 0.585. The number of hydrogen-bond acceptors (Lipinski definition) is 4. The zero-order valence-corrected chi connectivity index (χ0v) is 16.5. The number of aliphatic imine (C=N–C) groups is 1. The van der Waals surface area contributed by atoms with Crippen LogP contribution in [0.2, 0.25) is 0 Å². The standard InChI is InChI=1S/C19H35N5O/c1-6-15(7-2)18-12-17(25-23-18)13-21-19(20-5)22-16-8-10-24(11-9-16)14(3)4/h12,14-16H,6-11,13H2,1-5H3,(H2,20,21,22). The van der Waals surface area contributed by atoms with Gasteiger partial charge in [0.2, 0.25) is 0 Å². The molecule has 0 radical (unpaired) electrons. The molecule has 2 rings (SSSR count). The molecule has 0 amide bonds. The molecule has 25 heavy (non-hydrogen) atoms. The van der Waals surface area contributed by atoms with Gasteiger partial charge in [-0.05, 0) is 39.5 Å². The Labute approximate surface area is 152 Å². The van der Waals surface area contributed by atoms with Crippen LogP contribution < -0.4 is 10.6 Å². The van der Waals surface area contributed by atoms with Gasteiger partial charge < -0.3 is 20.1 Å². The number of nitrogens with zero attached hydrogens (tertiary/aromatic N) is 3. The zero-order valence-electron chi connectivity index (χ0n) is 16.5. The van der Waals surface area contributed by atoms with Crippen LogP contribution in [0.4, 0.5) is 0 Å². The third-order valence-corrected chi connectivity index (χ3v) is 5.24. The summed E-state index contributed by atoms with van der Waals surface area (Å²) in [5, 5.41) is 11.1. The topological polar surface area (TPSA) is 65.7 Å². The van der Waals surface area contributed by atoms with Crippen LogP contribution in [0.1, 0.15) is 70.8 Å². The number of rotatable bonds is 7. The summed E-state index contributed by atoms with van der Waals surface area (Å²) in [7, 11) is 1.81. The van der Waals surface area contributed by atoms with Gasteiger partial charge in [-0.15, -0.1) is 0 Å². The van der Waals surface area contributed by atoms with Crippen LogP contribution in [-0.2, 0) is 6.54 Å². The number of guanidine groups is 1. The fraction of sp³-hybridized carbons (Fsp3) is 0.789. The fourth-order valence-electron chi connectivity index (χ4n) is 3.43. The molecule has 2 heterocycles. The van der Waals surface area contributed by atoms with Crippen molar-refractivity contribution in [1.82, 2.24) is 20.7 Å². The highest BCUT2D eigenvalue weighted by Gasteiger charge is 2.21. The van der Waals surface area contributed by atoms with Crippen molar-refractivity contribution in [1.29, 1.82) is 0 Å². The summed E-state index contributed by atoms with van der Waals surface area (Å²) >= 11 is 0. The van der Waals surface area contributed by atoms with Crippen LogP contribution in [0.15, 0.2) is 15.6 Å². The molecular formula is C19H35N5O. The Morgan fingerprint density at radius 3 is 2.56 bits per heavy atom. The van der Waals surface area contributed by atoms with E-state index in [0.717, 1.165) is 56.2 Å². The van der Waals surface area contributed by atoms with Gasteiger partial charge in [0.25, 0.3) is 0 Å². The maximum Gasteiger partial charge on any atom is 0.191 e. The monoisotopic (exact) mass is 349 g/mol. The summed E-state index contributed by atoms with van der Waals surface area (Å²) in [5.41, 5.74) is 1.06. The predicted octanol–water partition coefficient (Wildman–Crippen LogP) is 3.12. The van der Waals surface area contributed by atoms with Crippen LogP contribution in [0, 0.1) is 0 Å². The predicted molar refractivity (Wildman–Crippen MR) is 103 cm³/mol. The largest absolute Gasteiger partial charge is 0.359 e. The first kappa shape index (κ1) is 19.8. The molecule has 0 atom stereocenters. The fourth-order valence-corrected chi connectivity index (χ4v) is 3.43. The van der Waals surface area contributed by atoms with Crippen molar-refractivity contribution < 1.29 is 4.52 Å². The second kappa shape index (κ2) is 9.80. The molecule has 142 valence electrons. The van der Waals surface area contributed by atoms with E-state index in [9.17, 15) is 0 Å². The summed E-state index contributed by atoms with van der Waals surface area (Å²) in [6.45, 7) is 11.8. The Morgan fingerprint density at radius 1 is 1.32 bits per heavy atom. The molecule has 6 heteroatoms. The van der Waals surface area contributed by atoms with Crippen LogP contribution in [-0.4, -0.2) is 48.2 Å². The number of aromatic nitrogens is 1. The van der Waals surface area contributed by atoms with E-state index in [1.807, 2.05) is 7.05 Å². The first-order valence-corrected chi connectivity index (χ1v) is 9.74. The number of likely N-dealkylation sites (tertiary alicyclic amines) is 1. The van der Waals surface area contributed by atoms with Gasteiger partial charge >= 0.3 is 0 Å². The molecule has 0 unspecified atom stereocenters. The molecule has 2 N–H and O–H groups in total. The molecule has 0 aromatic carbocycles. The first-order valence-electron chi connectivity index (χ1n) is 9.74. The van der Waals surface area contributed by atoms with E-state index in [1.54, 1.807) is 0 Å². The zero-order chi connectivity index (χ0) is 18.2. The molecule has 1 saturated heterocycles. The Hall–Kier alpha value is -1.56. The lowest BCUT2D eigenvalue weighted by Gasteiger charge is -2.35. The Kier molecular flexibility index (Phi) is 7.75. The highest BCUT2D eigenvalue weighted by molar-refractivity contribution is 5.79. The SMILES string of the molecule is CCC(CC)c1cc(CNC(=NC)NC2CCN(C(C)C)CC2)on1. The van der Waals surface area contributed by atoms with Gasteiger partial charge in [0, 0.05) is 44.2 Å². The van der Waals surface area contributed by atoms with Crippen molar-refractivity contribution in [3.8, 4) is 0 Å². The smallest absolute Gasteiger partial charge is 0.191 e. The van der Waals surface area contributed by atoms with Crippen molar-refractivity contribution in [2.75, 3.05) is 20.1 Å². The van der Waals surface area contributed by atoms with Gasteiger partial charge in [-0.1, -0.05) is 19.0 Å². The van der Waals surface area contributed by atoms with Crippen LogP contribution in [0.25, 0.3) is 0 Å². The van der Waals surface area contributed by atoms with Gasteiger partial charge in [-0.25, -0.2) is 0 Å². The molecular weight excluding hydrogens is 314 g/mol. The summed E-state index contributed by atoms with van der Waals surface area (Å²) < 4.78 is 5.47. The normalized spacial score (nSPS) is 17.5. The summed E-state index contributed by atoms with van der Waals surface area (Å²) in [5.74, 6) is 2.18. The lowest BCUT2D eigenvalue weighted by molar-refractivity contribution is 0.167. The number of hydrogen-bond donors (Lipinski definition) is 2. The molecule has 0 bridgehead atoms. The Bertz CT molecular complexity index is 528. The third kappa shape index (κ3) is 5.73. The van der Waals surface area contributed by atoms with Crippen molar-refractivity contribution >= 4 is 5.96 Å². The minimum absolute atomic E-state index is 0.482. The molecule has 1 aromatic rings. The first-order chi connectivity index (χ1) is 12.1. The maximum atomic E-state index is 5.47. The Morgan fingerprint density at radius 2 is 2.00 bits per heavy atom. The van der Waals surface area contributed by atoms with Crippen molar-refractivity contribution in [3.05, 3.63) is 17.5 Å². The van der Waals surface area contributed by atoms with Crippen LogP contribution in [0.5, 0.6) is 0 Å². The lowest BCUT2D eigenvalue weighted by atomic mass is 9.99. The number of piperidine rings is 1. The highest BCUT2D eigenvalue weighted by Crippen LogP contribution is 2.22. The van der Waals surface area contributed by atoms with E-state index in [0.29, 0.717) is 24.5 Å². The minimum Gasteiger partial charge on any atom is -0.359 e. The van der Waals surface area contributed by atoms with E-state index in [-0.39, 0.29) is 0 Å². The van der Waals surface area contributed by atoms with E-state index in [4.69, 9.17) is 4.52 Å². The molecule has 1 fully saturated rings. The molecule has 0 spiro atoms. The lowest BCUT2D eigenvalue weighted by Crippen LogP contribution is -2.49. The van der Waals surface area contributed by atoms with Gasteiger partial charge in [0.15, 0.2) is 11.7 Å². The average molecular weight is 350 g/mol. The van der Waals surface area contributed by atoms with E-state index >= 15 is 0 Å². The van der Waals surface area contributed by atoms with Gasteiger partial charge in [-0.3, -0.25) is 4.99 Å². The van der Waals surface area contributed by atoms with Gasteiger partial charge in [0.1, 0.15) is 0 Å². The summed E-state index contributed by atoms with van der Waals surface area (Å²) in [6, 6.07) is 3.18. The van der Waals surface area contributed by atoms with Crippen molar-refractivity contribution in [2.45, 2.75) is 77.9 Å². The van der Waals surface area contributed by atoms with E-state index in [1.165, 1.54) is 0 Å². The molecule has 0 saturated carbocycles. The second-order valence-corrected chi connectivity index (χ2v) is 7.21. The highest BCUT2D eigenvalue weighted by atomic mass is 16.5. The van der Waals surface area contributed by atoms with E-state index in [2.05, 4.69) is 59.4 Å². The van der Waals surface area contributed by atoms with Crippen LogP contribution in [0.3, 0.4) is 0 Å². The average Bonchev–Trinajstić information content (AvgIpc) is 3.09. The summed E-state index contributed by atoms with van der Waals surface area (Å²) in [6.07, 6.45) is 4.49. The van der Waals surface area contributed by atoms with Gasteiger partial charge in [-0.2, -0.15) is 0 Å². The third-order valence-electron chi connectivity index (χ3n) is 5.24. The Balaban J connectivity index is 1.79. The molecule has 6 nitrogen and oxygen atoms in total. The number of nitrogens with one attached hydrogen (secondary N) is 2. The molecule has 1 aliphatic heterocycles.